The predicted molar refractivity (Wildman–Crippen MR) is 75.5 cm³/mol. The number of nitrogens with one attached hydrogen (secondary N) is 1. The number of nitrogens with zero attached hydrogens (tertiary/aromatic N) is 4. The summed E-state index contributed by atoms with van der Waals surface area (Å²) in [7, 11) is 7.49. The van der Waals surface area contributed by atoms with E-state index < -0.39 is 0 Å². The van der Waals surface area contributed by atoms with Crippen molar-refractivity contribution in [3.63, 3.8) is 0 Å². The fraction of sp³-hybridized carbons (Fsp3) is 0.462. The van der Waals surface area contributed by atoms with E-state index in [4.69, 9.17) is 0 Å². The lowest BCUT2D eigenvalue weighted by Crippen LogP contribution is -2.31. The van der Waals surface area contributed by atoms with E-state index in [-0.39, 0.29) is 5.91 Å². The Morgan fingerprint density at radius 2 is 1.89 bits per heavy atom. The van der Waals surface area contributed by atoms with Crippen molar-refractivity contribution in [2.75, 3.05) is 41.3 Å². The van der Waals surface area contributed by atoms with E-state index >= 15 is 0 Å². The van der Waals surface area contributed by atoms with Gasteiger partial charge in [-0.15, -0.1) is 5.11 Å². The van der Waals surface area contributed by atoms with Crippen LogP contribution in [0.1, 0.15) is 10.4 Å². The fourth-order valence-corrected chi connectivity index (χ4v) is 1.38. The van der Waals surface area contributed by atoms with Gasteiger partial charge < -0.3 is 10.2 Å². The molecule has 1 rings (SSSR count). The molecule has 0 saturated carbocycles. The van der Waals surface area contributed by atoms with Gasteiger partial charge in [-0.25, -0.2) is 0 Å². The largest absolute Gasteiger partial charge is 0.351 e. The number of amides is 1. The minimum Gasteiger partial charge on any atom is -0.351 e. The third kappa shape index (κ3) is 5.48. The van der Waals surface area contributed by atoms with Crippen LogP contribution in [0.3, 0.4) is 0 Å². The normalized spacial score (nSPS) is 11.0. The van der Waals surface area contributed by atoms with Gasteiger partial charge in [-0.3, -0.25) is 9.80 Å². The molecule has 0 heterocycles. The van der Waals surface area contributed by atoms with E-state index in [0.717, 1.165) is 6.54 Å². The lowest BCUT2D eigenvalue weighted by atomic mass is 10.1. The molecule has 0 aliphatic rings. The first-order valence-corrected chi connectivity index (χ1v) is 6.11. The minimum absolute atomic E-state index is 0.129. The molecular weight excluding hydrogens is 242 g/mol. The highest BCUT2D eigenvalue weighted by molar-refractivity contribution is 5.98. The average molecular weight is 263 g/mol. The van der Waals surface area contributed by atoms with Gasteiger partial charge in [0.15, 0.2) is 0 Å². The monoisotopic (exact) mass is 263 g/mol. The summed E-state index contributed by atoms with van der Waals surface area (Å²) in [6.45, 7) is 1.40. The molecule has 104 valence electrons. The maximum absolute atomic E-state index is 12.0. The molecule has 0 spiro atoms. The Balaban J connectivity index is 2.73. The van der Waals surface area contributed by atoms with E-state index in [2.05, 4.69) is 15.7 Å². The van der Waals surface area contributed by atoms with Gasteiger partial charge in [-0.2, -0.15) is 0 Å². The second-order valence-corrected chi connectivity index (χ2v) is 4.61. The lowest BCUT2D eigenvalue weighted by molar-refractivity contribution is 0.0951. The molecule has 6 heteroatoms. The highest BCUT2D eigenvalue weighted by Gasteiger charge is 2.10. The minimum atomic E-state index is -0.129. The highest BCUT2D eigenvalue weighted by Crippen LogP contribution is 2.18. The van der Waals surface area contributed by atoms with Crippen molar-refractivity contribution in [1.29, 1.82) is 0 Å². The van der Waals surface area contributed by atoms with Crippen LogP contribution in [0.4, 0.5) is 5.69 Å². The molecule has 1 N–H and O–H groups in total. The number of likely N-dealkylation sites (N-methyl/N-ethyl adjacent to an activating group) is 1. The molecule has 1 aromatic carbocycles. The molecule has 6 nitrogen and oxygen atoms in total. The Labute approximate surface area is 114 Å². The molecular formula is C13H21N5O. The second kappa shape index (κ2) is 7.48. The quantitative estimate of drug-likeness (QED) is 0.625. The van der Waals surface area contributed by atoms with Crippen molar-refractivity contribution in [2.45, 2.75) is 0 Å². The standard InChI is InChI=1S/C13H21N5O/c1-17(2)10-9-14-13(19)11-7-5-6-8-12(11)15-16-18(3)4/h5-8H,9-10H2,1-4H3,(H,14,19). The van der Waals surface area contributed by atoms with Crippen LogP contribution in [-0.4, -0.2) is 57.1 Å². The van der Waals surface area contributed by atoms with Gasteiger partial charge in [0.05, 0.1) is 5.56 Å². The van der Waals surface area contributed by atoms with Gasteiger partial charge in [-0.05, 0) is 26.2 Å². The summed E-state index contributed by atoms with van der Waals surface area (Å²) in [6, 6.07) is 7.17. The first-order chi connectivity index (χ1) is 9.00. The summed E-state index contributed by atoms with van der Waals surface area (Å²) >= 11 is 0. The summed E-state index contributed by atoms with van der Waals surface area (Å²) in [5, 5.41) is 12.4. The van der Waals surface area contributed by atoms with Crippen molar-refractivity contribution in [3.05, 3.63) is 29.8 Å². The summed E-state index contributed by atoms with van der Waals surface area (Å²) in [5.41, 5.74) is 1.10. The molecule has 1 amide bonds. The molecule has 0 aliphatic heterocycles. The molecule has 0 unspecified atom stereocenters. The predicted octanol–water partition coefficient (Wildman–Crippen LogP) is 1.54. The Kier molecular flexibility index (Phi) is 5.95. The number of hydrogen-bond acceptors (Lipinski definition) is 4. The number of carbonyl (C=O) groups excluding carboxylic acids is 1. The first kappa shape index (κ1) is 15.1. The summed E-state index contributed by atoms with van der Waals surface area (Å²) < 4.78 is 0. The molecule has 0 aromatic heterocycles. The summed E-state index contributed by atoms with van der Waals surface area (Å²) in [5.74, 6) is -0.129. The van der Waals surface area contributed by atoms with Crippen LogP contribution in [0.5, 0.6) is 0 Å². The van der Waals surface area contributed by atoms with Crippen molar-refractivity contribution in [1.82, 2.24) is 15.2 Å². The van der Waals surface area contributed by atoms with E-state index in [1.54, 1.807) is 31.2 Å². The molecule has 0 aliphatic carbocycles. The number of carbonyl (C=O) groups is 1. The molecule has 19 heavy (non-hydrogen) atoms. The number of benzene rings is 1. The fourth-order valence-electron chi connectivity index (χ4n) is 1.38. The smallest absolute Gasteiger partial charge is 0.253 e. The van der Waals surface area contributed by atoms with Crippen LogP contribution in [0.15, 0.2) is 34.6 Å². The highest BCUT2D eigenvalue weighted by atomic mass is 16.1. The summed E-state index contributed by atoms with van der Waals surface area (Å²) in [4.78, 5) is 14.1. The van der Waals surface area contributed by atoms with Gasteiger partial charge in [0.1, 0.15) is 5.69 Å². The van der Waals surface area contributed by atoms with Crippen LogP contribution in [0.25, 0.3) is 0 Å². The van der Waals surface area contributed by atoms with Crippen molar-refractivity contribution in [3.8, 4) is 0 Å². The van der Waals surface area contributed by atoms with Crippen molar-refractivity contribution >= 4 is 11.6 Å². The van der Waals surface area contributed by atoms with Crippen molar-refractivity contribution < 1.29 is 4.79 Å². The zero-order chi connectivity index (χ0) is 14.3. The third-order valence-electron chi connectivity index (χ3n) is 2.32. The number of rotatable bonds is 6. The Hall–Kier alpha value is -1.95. The van der Waals surface area contributed by atoms with E-state index in [1.165, 1.54) is 0 Å². The van der Waals surface area contributed by atoms with Crippen LogP contribution >= 0.6 is 0 Å². The number of hydrogen-bond donors (Lipinski definition) is 1. The zero-order valence-electron chi connectivity index (χ0n) is 11.9. The van der Waals surface area contributed by atoms with E-state index in [9.17, 15) is 4.79 Å². The van der Waals surface area contributed by atoms with Crippen LogP contribution < -0.4 is 5.32 Å². The molecule has 0 atom stereocenters. The zero-order valence-corrected chi connectivity index (χ0v) is 11.9. The van der Waals surface area contributed by atoms with Gasteiger partial charge in [0, 0.05) is 27.2 Å². The van der Waals surface area contributed by atoms with Crippen LogP contribution in [-0.2, 0) is 0 Å². The van der Waals surface area contributed by atoms with Crippen LogP contribution in [0, 0.1) is 0 Å². The maximum Gasteiger partial charge on any atom is 0.253 e. The second-order valence-electron chi connectivity index (χ2n) is 4.61. The first-order valence-electron chi connectivity index (χ1n) is 6.11. The van der Waals surface area contributed by atoms with Gasteiger partial charge >= 0.3 is 0 Å². The molecule has 1 aromatic rings. The molecule has 0 bridgehead atoms. The molecule has 0 fully saturated rings. The third-order valence-corrected chi connectivity index (χ3v) is 2.32. The van der Waals surface area contributed by atoms with E-state index in [0.29, 0.717) is 17.8 Å². The maximum atomic E-state index is 12.0. The SMILES string of the molecule is CN(C)CCNC(=O)c1ccccc1N=NN(C)C. The van der Waals surface area contributed by atoms with E-state index in [1.807, 2.05) is 31.1 Å². The average Bonchev–Trinajstić information content (AvgIpc) is 2.36. The Morgan fingerprint density at radius 1 is 1.21 bits per heavy atom. The van der Waals surface area contributed by atoms with Crippen LogP contribution in [0.2, 0.25) is 0 Å². The topological polar surface area (TPSA) is 60.3 Å². The lowest BCUT2D eigenvalue weighted by Gasteiger charge is -2.11. The Bertz CT molecular complexity index is 442. The van der Waals surface area contributed by atoms with Gasteiger partial charge in [0.2, 0.25) is 0 Å². The van der Waals surface area contributed by atoms with Gasteiger partial charge in [-0.1, -0.05) is 17.4 Å². The Morgan fingerprint density at radius 3 is 2.53 bits per heavy atom. The van der Waals surface area contributed by atoms with Gasteiger partial charge in [0.25, 0.3) is 5.91 Å². The molecule has 0 saturated heterocycles. The molecule has 0 radical (unpaired) electrons. The van der Waals surface area contributed by atoms with Crippen molar-refractivity contribution in [2.24, 2.45) is 10.3 Å². The summed E-state index contributed by atoms with van der Waals surface area (Å²) in [6.07, 6.45) is 0.